The first-order valence-corrected chi connectivity index (χ1v) is 9.09. The highest BCUT2D eigenvalue weighted by Crippen LogP contribution is 2.28. The van der Waals surface area contributed by atoms with Crippen LogP contribution >= 0.6 is 33.9 Å². The van der Waals surface area contributed by atoms with Gasteiger partial charge in [-0.25, -0.2) is 4.98 Å². The number of aromatic nitrogens is 1. The van der Waals surface area contributed by atoms with Crippen LogP contribution < -0.4 is 5.32 Å². The van der Waals surface area contributed by atoms with Gasteiger partial charge in [0, 0.05) is 14.5 Å². The van der Waals surface area contributed by atoms with Gasteiger partial charge in [-0.15, -0.1) is 11.3 Å². The number of benzene rings is 2. The third-order valence-corrected chi connectivity index (χ3v) is 5.21. The molecule has 2 aromatic carbocycles. The van der Waals surface area contributed by atoms with Crippen molar-refractivity contribution in [3.8, 4) is 11.3 Å². The number of carbonyl (C=O) groups excluding carboxylic acids is 1. The van der Waals surface area contributed by atoms with E-state index >= 15 is 0 Å². The number of nitrogens with zero attached hydrogens (tertiary/aromatic N) is 1. The van der Waals surface area contributed by atoms with E-state index in [2.05, 4.69) is 64.9 Å². The monoisotopic (exact) mass is 434 g/mol. The van der Waals surface area contributed by atoms with Crippen LogP contribution in [0.1, 0.15) is 21.5 Å². The van der Waals surface area contributed by atoms with Gasteiger partial charge in [0.2, 0.25) is 0 Å². The molecular formula is C18H15IN2OS. The maximum absolute atomic E-state index is 12.4. The molecule has 0 bridgehead atoms. The Morgan fingerprint density at radius 2 is 1.96 bits per heavy atom. The third-order valence-electron chi connectivity index (χ3n) is 3.51. The van der Waals surface area contributed by atoms with Crippen LogP contribution in [0.2, 0.25) is 0 Å². The smallest absolute Gasteiger partial charge is 0.258 e. The first kappa shape index (κ1) is 16.1. The number of amides is 1. The highest BCUT2D eigenvalue weighted by Gasteiger charge is 2.13. The molecule has 0 unspecified atom stereocenters. The molecule has 3 nitrogen and oxygen atoms in total. The molecule has 0 aliphatic carbocycles. The van der Waals surface area contributed by atoms with Crippen LogP contribution in [-0.2, 0) is 0 Å². The molecule has 0 atom stereocenters. The summed E-state index contributed by atoms with van der Waals surface area (Å²) in [4.78, 5) is 16.9. The van der Waals surface area contributed by atoms with Crippen LogP contribution in [0.15, 0.2) is 47.8 Å². The molecule has 0 aliphatic heterocycles. The van der Waals surface area contributed by atoms with Gasteiger partial charge in [0.1, 0.15) is 0 Å². The minimum absolute atomic E-state index is 0.128. The van der Waals surface area contributed by atoms with Crippen molar-refractivity contribution < 1.29 is 4.79 Å². The Bertz CT molecular complexity index is 873. The van der Waals surface area contributed by atoms with E-state index in [0.717, 1.165) is 14.8 Å². The lowest BCUT2D eigenvalue weighted by Crippen LogP contribution is -2.13. The minimum Gasteiger partial charge on any atom is -0.298 e. The van der Waals surface area contributed by atoms with Crippen LogP contribution in [0.5, 0.6) is 0 Å². The lowest BCUT2D eigenvalue weighted by atomic mass is 10.0. The fourth-order valence-corrected chi connectivity index (χ4v) is 3.61. The molecule has 0 saturated carbocycles. The predicted molar refractivity (Wildman–Crippen MR) is 104 cm³/mol. The molecule has 3 rings (SSSR count). The van der Waals surface area contributed by atoms with Crippen molar-refractivity contribution in [1.29, 1.82) is 0 Å². The number of rotatable bonds is 3. The van der Waals surface area contributed by atoms with Crippen molar-refractivity contribution in [2.24, 2.45) is 0 Å². The highest BCUT2D eigenvalue weighted by atomic mass is 127. The molecule has 0 radical (unpaired) electrons. The van der Waals surface area contributed by atoms with Crippen molar-refractivity contribution in [3.63, 3.8) is 0 Å². The number of halogens is 1. The zero-order valence-electron chi connectivity index (χ0n) is 12.8. The molecule has 1 aromatic heterocycles. The molecular weight excluding hydrogens is 419 g/mol. The van der Waals surface area contributed by atoms with Gasteiger partial charge in [-0.3, -0.25) is 10.1 Å². The van der Waals surface area contributed by atoms with Crippen LogP contribution in [0, 0.1) is 17.4 Å². The number of nitrogens with one attached hydrogen (secondary N) is 1. The van der Waals surface area contributed by atoms with Gasteiger partial charge in [-0.1, -0.05) is 29.8 Å². The summed E-state index contributed by atoms with van der Waals surface area (Å²) in [5.41, 5.74) is 5.04. The SMILES string of the molecule is Cc1ccc(C)c(-c2csc(NC(=O)c3ccccc3I)n2)c1. The van der Waals surface area contributed by atoms with Crippen molar-refractivity contribution >= 4 is 45.0 Å². The summed E-state index contributed by atoms with van der Waals surface area (Å²) in [6, 6.07) is 13.8. The molecule has 1 N–H and O–H groups in total. The summed E-state index contributed by atoms with van der Waals surface area (Å²) in [7, 11) is 0. The van der Waals surface area contributed by atoms with Gasteiger partial charge in [-0.05, 0) is 60.2 Å². The van der Waals surface area contributed by atoms with Gasteiger partial charge in [0.25, 0.3) is 5.91 Å². The zero-order chi connectivity index (χ0) is 16.4. The Balaban J connectivity index is 1.84. The Hall–Kier alpha value is -1.73. The first-order chi connectivity index (χ1) is 11.0. The first-order valence-electron chi connectivity index (χ1n) is 7.13. The quantitative estimate of drug-likeness (QED) is 0.570. The summed E-state index contributed by atoms with van der Waals surface area (Å²) >= 11 is 3.61. The van der Waals surface area contributed by atoms with E-state index in [1.807, 2.05) is 29.6 Å². The topological polar surface area (TPSA) is 42.0 Å². The van der Waals surface area contributed by atoms with Crippen molar-refractivity contribution in [2.75, 3.05) is 5.32 Å². The molecule has 0 aliphatic rings. The largest absolute Gasteiger partial charge is 0.298 e. The average molecular weight is 434 g/mol. The Kier molecular flexibility index (Phi) is 4.77. The van der Waals surface area contributed by atoms with Gasteiger partial charge in [0.05, 0.1) is 11.3 Å². The summed E-state index contributed by atoms with van der Waals surface area (Å²) in [6.45, 7) is 4.13. The fraction of sp³-hybridized carbons (Fsp3) is 0.111. The van der Waals surface area contributed by atoms with E-state index in [-0.39, 0.29) is 5.91 Å². The van der Waals surface area contributed by atoms with Crippen molar-refractivity contribution in [3.05, 3.63) is 68.1 Å². The van der Waals surface area contributed by atoms with Gasteiger partial charge < -0.3 is 0 Å². The number of hydrogen-bond donors (Lipinski definition) is 1. The lowest BCUT2D eigenvalue weighted by Gasteiger charge is -2.05. The third kappa shape index (κ3) is 3.61. The molecule has 0 fully saturated rings. The molecule has 23 heavy (non-hydrogen) atoms. The van der Waals surface area contributed by atoms with E-state index in [0.29, 0.717) is 10.7 Å². The van der Waals surface area contributed by atoms with Gasteiger partial charge in [-0.2, -0.15) is 0 Å². The van der Waals surface area contributed by atoms with E-state index in [9.17, 15) is 4.79 Å². The van der Waals surface area contributed by atoms with E-state index < -0.39 is 0 Å². The molecule has 5 heteroatoms. The van der Waals surface area contributed by atoms with Crippen LogP contribution in [0.3, 0.4) is 0 Å². The normalized spacial score (nSPS) is 10.6. The summed E-state index contributed by atoms with van der Waals surface area (Å²) in [5, 5.41) is 5.48. The number of carbonyl (C=O) groups is 1. The van der Waals surface area contributed by atoms with Crippen molar-refractivity contribution in [2.45, 2.75) is 13.8 Å². The molecule has 1 heterocycles. The fourth-order valence-electron chi connectivity index (χ4n) is 2.28. The van der Waals surface area contributed by atoms with Crippen LogP contribution in [0.25, 0.3) is 11.3 Å². The standard InChI is InChI=1S/C18H15IN2OS/c1-11-7-8-12(2)14(9-11)16-10-23-18(20-16)21-17(22)13-5-3-4-6-15(13)19/h3-10H,1-2H3,(H,20,21,22). The van der Waals surface area contributed by atoms with E-state index in [1.54, 1.807) is 0 Å². The minimum atomic E-state index is -0.128. The average Bonchev–Trinajstić information content (AvgIpc) is 2.98. The highest BCUT2D eigenvalue weighted by molar-refractivity contribution is 14.1. The zero-order valence-corrected chi connectivity index (χ0v) is 15.7. The van der Waals surface area contributed by atoms with E-state index in [4.69, 9.17) is 0 Å². The molecule has 0 spiro atoms. The molecule has 0 saturated heterocycles. The molecule has 1 amide bonds. The summed E-state index contributed by atoms with van der Waals surface area (Å²) in [6.07, 6.45) is 0. The Labute approximate surface area is 152 Å². The number of hydrogen-bond acceptors (Lipinski definition) is 3. The maximum atomic E-state index is 12.4. The second-order valence-corrected chi connectivity index (χ2v) is 7.31. The lowest BCUT2D eigenvalue weighted by molar-refractivity contribution is 0.102. The van der Waals surface area contributed by atoms with Gasteiger partial charge in [0.15, 0.2) is 5.13 Å². The summed E-state index contributed by atoms with van der Waals surface area (Å²) < 4.78 is 0.925. The van der Waals surface area contributed by atoms with E-state index in [1.165, 1.54) is 22.5 Å². The van der Waals surface area contributed by atoms with Crippen molar-refractivity contribution in [1.82, 2.24) is 4.98 Å². The number of thiazole rings is 1. The van der Waals surface area contributed by atoms with Crippen LogP contribution in [0.4, 0.5) is 5.13 Å². The second-order valence-electron chi connectivity index (χ2n) is 5.29. The number of anilines is 1. The predicted octanol–water partition coefficient (Wildman–Crippen LogP) is 5.28. The molecule has 3 aromatic rings. The van der Waals surface area contributed by atoms with Gasteiger partial charge >= 0.3 is 0 Å². The van der Waals surface area contributed by atoms with Crippen LogP contribution in [-0.4, -0.2) is 10.9 Å². The Morgan fingerprint density at radius 1 is 1.17 bits per heavy atom. The number of aryl methyl sites for hydroxylation is 2. The second kappa shape index (κ2) is 6.80. The molecule has 116 valence electrons. The Morgan fingerprint density at radius 3 is 2.74 bits per heavy atom. The summed E-state index contributed by atoms with van der Waals surface area (Å²) in [5.74, 6) is -0.128. The maximum Gasteiger partial charge on any atom is 0.258 e.